The van der Waals surface area contributed by atoms with Gasteiger partial charge in [-0.25, -0.2) is 0 Å². The molecule has 3 heterocycles. The first-order valence-electron chi connectivity index (χ1n) is 11.9. The third kappa shape index (κ3) is 6.83. The molecular weight excluding hydrogens is 366 g/mol. The summed E-state index contributed by atoms with van der Waals surface area (Å²) in [6.07, 6.45) is 7.78. The van der Waals surface area contributed by atoms with Crippen molar-refractivity contribution >= 4 is 5.96 Å². The number of piperidine rings is 1. The van der Waals surface area contributed by atoms with Crippen molar-refractivity contribution in [3.8, 4) is 0 Å². The summed E-state index contributed by atoms with van der Waals surface area (Å²) in [7, 11) is 0. The van der Waals surface area contributed by atoms with Gasteiger partial charge >= 0.3 is 0 Å². The Hall–Kier alpha value is -0.850. The number of likely N-dealkylation sites (tertiary alicyclic amines) is 1. The summed E-state index contributed by atoms with van der Waals surface area (Å²) in [5, 5.41) is 3.51. The first-order chi connectivity index (χ1) is 14.0. The monoisotopic (exact) mass is 409 g/mol. The van der Waals surface area contributed by atoms with E-state index in [0.29, 0.717) is 24.2 Å². The van der Waals surface area contributed by atoms with E-state index in [-0.39, 0.29) is 5.41 Å². The molecule has 0 spiro atoms. The first kappa shape index (κ1) is 22.8. The molecule has 3 atom stereocenters. The van der Waals surface area contributed by atoms with Gasteiger partial charge in [-0.15, -0.1) is 0 Å². The molecule has 168 valence electrons. The van der Waals surface area contributed by atoms with Gasteiger partial charge in [0.1, 0.15) is 0 Å². The van der Waals surface area contributed by atoms with Gasteiger partial charge in [-0.05, 0) is 50.9 Å². The minimum atomic E-state index is 0.164. The zero-order valence-corrected chi connectivity index (χ0v) is 19.1. The van der Waals surface area contributed by atoms with Crippen LogP contribution in [-0.2, 0) is 14.2 Å². The van der Waals surface area contributed by atoms with Crippen LogP contribution in [0.25, 0.3) is 0 Å². The van der Waals surface area contributed by atoms with Gasteiger partial charge in [-0.1, -0.05) is 20.8 Å². The Balaban J connectivity index is 1.49. The van der Waals surface area contributed by atoms with Crippen molar-refractivity contribution in [2.24, 2.45) is 16.3 Å². The molecule has 0 aromatic heterocycles. The largest absolute Gasteiger partial charge is 0.377 e. The maximum Gasteiger partial charge on any atom is 0.193 e. The van der Waals surface area contributed by atoms with Crippen LogP contribution in [0.5, 0.6) is 0 Å². The molecular formula is C23H43N3O3. The van der Waals surface area contributed by atoms with Crippen LogP contribution in [0.2, 0.25) is 0 Å². The Morgan fingerprint density at radius 2 is 1.79 bits per heavy atom. The lowest BCUT2D eigenvalue weighted by Crippen LogP contribution is -2.48. The van der Waals surface area contributed by atoms with Gasteiger partial charge in [-0.3, -0.25) is 4.99 Å². The molecule has 3 fully saturated rings. The van der Waals surface area contributed by atoms with Gasteiger partial charge in [0, 0.05) is 45.3 Å². The lowest BCUT2D eigenvalue weighted by Gasteiger charge is -2.40. The molecule has 0 amide bonds. The van der Waals surface area contributed by atoms with Crippen LogP contribution in [0, 0.1) is 11.3 Å². The second kappa shape index (κ2) is 11.0. The van der Waals surface area contributed by atoms with Crippen molar-refractivity contribution in [1.29, 1.82) is 0 Å². The molecule has 6 heteroatoms. The first-order valence-corrected chi connectivity index (χ1v) is 11.9. The predicted molar refractivity (Wildman–Crippen MR) is 117 cm³/mol. The van der Waals surface area contributed by atoms with E-state index in [2.05, 4.69) is 37.9 Å². The summed E-state index contributed by atoms with van der Waals surface area (Å²) in [4.78, 5) is 7.46. The molecule has 0 aliphatic carbocycles. The van der Waals surface area contributed by atoms with E-state index < -0.39 is 0 Å². The Morgan fingerprint density at radius 1 is 1.07 bits per heavy atom. The Bertz CT molecular complexity index is 506. The van der Waals surface area contributed by atoms with Crippen LogP contribution in [0.4, 0.5) is 0 Å². The quantitative estimate of drug-likeness (QED) is 0.538. The van der Waals surface area contributed by atoms with E-state index in [1.165, 1.54) is 12.8 Å². The molecule has 0 aromatic rings. The molecule has 0 radical (unpaired) electrons. The smallest absolute Gasteiger partial charge is 0.193 e. The Labute approximate surface area is 177 Å². The summed E-state index contributed by atoms with van der Waals surface area (Å²) >= 11 is 0. The van der Waals surface area contributed by atoms with E-state index >= 15 is 0 Å². The topological polar surface area (TPSA) is 55.3 Å². The molecule has 29 heavy (non-hydrogen) atoms. The van der Waals surface area contributed by atoms with E-state index in [1.54, 1.807) is 0 Å². The maximum atomic E-state index is 6.15. The maximum absolute atomic E-state index is 6.15. The van der Waals surface area contributed by atoms with Crippen molar-refractivity contribution in [1.82, 2.24) is 10.2 Å². The van der Waals surface area contributed by atoms with Gasteiger partial charge < -0.3 is 24.4 Å². The van der Waals surface area contributed by atoms with Crippen LogP contribution >= 0.6 is 0 Å². The van der Waals surface area contributed by atoms with Crippen LogP contribution in [-0.4, -0.2) is 75.2 Å². The number of hydrogen-bond acceptors (Lipinski definition) is 4. The molecule has 0 bridgehead atoms. The van der Waals surface area contributed by atoms with Crippen molar-refractivity contribution in [2.75, 3.05) is 46.0 Å². The molecule has 3 rings (SSSR count). The van der Waals surface area contributed by atoms with Crippen LogP contribution in [0.15, 0.2) is 4.99 Å². The number of nitrogens with zero attached hydrogens (tertiary/aromatic N) is 2. The van der Waals surface area contributed by atoms with Gasteiger partial charge in [0.05, 0.1) is 24.9 Å². The lowest BCUT2D eigenvalue weighted by atomic mass is 9.78. The predicted octanol–water partition coefficient (Wildman–Crippen LogP) is 3.45. The number of nitrogens with one attached hydrogen (secondary N) is 1. The van der Waals surface area contributed by atoms with E-state index in [0.717, 1.165) is 77.6 Å². The highest BCUT2D eigenvalue weighted by Gasteiger charge is 2.35. The molecule has 0 saturated carbocycles. The molecule has 0 aromatic carbocycles. The molecule has 1 N–H and O–H groups in total. The minimum absolute atomic E-state index is 0.164. The molecule has 3 saturated heterocycles. The van der Waals surface area contributed by atoms with Gasteiger partial charge in [0.2, 0.25) is 0 Å². The fourth-order valence-electron chi connectivity index (χ4n) is 4.87. The third-order valence-corrected chi connectivity index (χ3v) is 6.39. The molecule has 3 aliphatic heterocycles. The van der Waals surface area contributed by atoms with Crippen LogP contribution in [0.1, 0.15) is 66.2 Å². The summed E-state index contributed by atoms with van der Waals surface area (Å²) in [5.41, 5.74) is 0.164. The highest BCUT2D eigenvalue weighted by atomic mass is 16.5. The highest BCUT2D eigenvalue weighted by Crippen LogP contribution is 2.34. The zero-order valence-electron chi connectivity index (χ0n) is 19.1. The van der Waals surface area contributed by atoms with Crippen molar-refractivity contribution in [2.45, 2.75) is 84.5 Å². The van der Waals surface area contributed by atoms with Gasteiger partial charge in [-0.2, -0.15) is 0 Å². The minimum Gasteiger partial charge on any atom is -0.377 e. The summed E-state index contributed by atoms with van der Waals surface area (Å²) in [5.74, 6) is 1.56. The average Bonchev–Trinajstić information content (AvgIpc) is 3.23. The van der Waals surface area contributed by atoms with Gasteiger partial charge in [0.25, 0.3) is 0 Å². The number of hydrogen-bond donors (Lipinski definition) is 1. The lowest BCUT2D eigenvalue weighted by molar-refractivity contribution is -0.0824. The van der Waals surface area contributed by atoms with Crippen molar-refractivity contribution in [3.05, 3.63) is 0 Å². The number of rotatable bonds is 6. The van der Waals surface area contributed by atoms with Crippen molar-refractivity contribution in [3.63, 3.8) is 0 Å². The van der Waals surface area contributed by atoms with Crippen molar-refractivity contribution < 1.29 is 14.2 Å². The summed E-state index contributed by atoms with van der Waals surface area (Å²) in [6, 6.07) is 0. The average molecular weight is 410 g/mol. The van der Waals surface area contributed by atoms with Crippen LogP contribution < -0.4 is 5.32 Å². The van der Waals surface area contributed by atoms with Gasteiger partial charge in [0.15, 0.2) is 5.96 Å². The second-order valence-electron chi connectivity index (χ2n) is 9.91. The number of aliphatic imine (C=N–C) groups is 1. The fourth-order valence-corrected chi connectivity index (χ4v) is 4.87. The highest BCUT2D eigenvalue weighted by molar-refractivity contribution is 5.80. The van der Waals surface area contributed by atoms with Crippen LogP contribution in [0.3, 0.4) is 0 Å². The SMILES string of the molecule is CCNC(=NCC1CCCOC1C(C)(C)C)N1CCC(OCC2CCCO2)CC1. The third-order valence-electron chi connectivity index (χ3n) is 6.39. The fraction of sp³-hybridized carbons (Fsp3) is 0.957. The molecule has 3 aliphatic rings. The number of guanidine groups is 1. The van der Waals surface area contributed by atoms with E-state index in [4.69, 9.17) is 19.2 Å². The van der Waals surface area contributed by atoms with E-state index in [9.17, 15) is 0 Å². The zero-order chi connectivity index (χ0) is 20.7. The van der Waals surface area contributed by atoms with E-state index in [1.807, 2.05) is 0 Å². The second-order valence-corrected chi connectivity index (χ2v) is 9.91. The molecule has 3 unspecified atom stereocenters. The molecule has 6 nitrogen and oxygen atoms in total. The Morgan fingerprint density at radius 3 is 2.45 bits per heavy atom. The Kier molecular flexibility index (Phi) is 8.63. The number of ether oxygens (including phenoxy) is 3. The normalized spacial score (nSPS) is 30.0. The summed E-state index contributed by atoms with van der Waals surface area (Å²) < 4.78 is 18.0. The summed E-state index contributed by atoms with van der Waals surface area (Å²) in [6.45, 7) is 15.3. The standard InChI is InChI=1S/C23H43N3O3/c1-5-24-22(25-16-18-8-6-15-28-21(18)23(2,3)4)26-12-10-19(11-13-26)29-17-20-9-7-14-27-20/h18-21H,5-17H2,1-4H3,(H,24,25).